The van der Waals surface area contributed by atoms with Crippen molar-refractivity contribution in [1.82, 2.24) is 4.31 Å². The molecule has 1 aliphatic heterocycles. The van der Waals surface area contributed by atoms with Gasteiger partial charge in [-0.1, -0.05) is 11.6 Å². The van der Waals surface area contributed by atoms with Crippen molar-refractivity contribution in [3.05, 3.63) is 28.8 Å². The average Bonchev–Trinajstić information content (AvgIpc) is 2.59. The van der Waals surface area contributed by atoms with Crippen molar-refractivity contribution in [2.45, 2.75) is 31.3 Å². The number of ether oxygens (including phenoxy) is 3. The monoisotopic (exact) mass is 419 g/mol. The summed E-state index contributed by atoms with van der Waals surface area (Å²) in [5.41, 5.74) is -0.738. The third kappa shape index (κ3) is 5.90. The maximum atomic E-state index is 12.8. The number of esters is 2. The lowest BCUT2D eigenvalue weighted by Crippen LogP contribution is -2.40. The molecule has 0 atom stereocenters. The summed E-state index contributed by atoms with van der Waals surface area (Å²) in [7, 11) is -3.88. The van der Waals surface area contributed by atoms with E-state index in [0.29, 0.717) is 0 Å². The predicted octanol–water partition coefficient (Wildman–Crippen LogP) is 1.86. The molecule has 10 heteroatoms. The van der Waals surface area contributed by atoms with Crippen molar-refractivity contribution < 1.29 is 32.2 Å². The quantitative estimate of drug-likeness (QED) is 0.671. The Hall–Kier alpha value is -1.68. The number of hydrogen-bond donors (Lipinski definition) is 0. The van der Waals surface area contributed by atoms with E-state index in [4.69, 9.17) is 25.8 Å². The topological polar surface area (TPSA) is 99.2 Å². The minimum absolute atomic E-state index is 0.00909. The normalized spacial score (nSPS) is 16.0. The highest BCUT2D eigenvalue weighted by atomic mass is 35.5. The molecule has 0 amide bonds. The van der Waals surface area contributed by atoms with Crippen LogP contribution in [0.5, 0.6) is 0 Å². The molecule has 1 saturated heterocycles. The van der Waals surface area contributed by atoms with Crippen molar-refractivity contribution >= 4 is 33.6 Å². The molecule has 0 aliphatic carbocycles. The van der Waals surface area contributed by atoms with E-state index in [2.05, 4.69) is 0 Å². The number of nitrogens with zero attached hydrogens (tertiary/aromatic N) is 1. The Morgan fingerprint density at radius 1 is 1.22 bits per heavy atom. The molecule has 0 aromatic heterocycles. The van der Waals surface area contributed by atoms with Crippen LogP contribution in [0.1, 0.15) is 31.1 Å². The summed E-state index contributed by atoms with van der Waals surface area (Å²) in [4.78, 5) is 23.6. The van der Waals surface area contributed by atoms with E-state index in [1.54, 1.807) is 20.8 Å². The van der Waals surface area contributed by atoms with Crippen molar-refractivity contribution in [3.8, 4) is 0 Å². The fourth-order valence-corrected chi connectivity index (χ4v) is 4.24. The zero-order valence-electron chi connectivity index (χ0n) is 15.4. The first-order valence-electron chi connectivity index (χ1n) is 8.27. The third-order valence-electron chi connectivity index (χ3n) is 3.50. The van der Waals surface area contributed by atoms with Gasteiger partial charge in [-0.25, -0.2) is 18.0 Å². The standard InChI is InChI=1S/C17H22ClNO7S/c1-17(2,3)26-15(20)11-25-16(21)12-4-5-13(18)14(10-12)27(22,23)19-6-8-24-9-7-19/h4-5,10H,6-9,11H2,1-3H3. The van der Waals surface area contributed by atoms with Gasteiger partial charge in [0.2, 0.25) is 10.0 Å². The molecule has 0 bridgehead atoms. The number of morpholine rings is 1. The predicted molar refractivity (Wildman–Crippen MR) is 97.2 cm³/mol. The van der Waals surface area contributed by atoms with E-state index in [9.17, 15) is 18.0 Å². The van der Waals surface area contributed by atoms with Crippen molar-refractivity contribution in [3.63, 3.8) is 0 Å². The molecule has 1 aliphatic rings. The number of halogens is 1. The second kappa shape index (κ2) is 8.55. The van der Waals surface area contributed by atoms with Crippen LogP contribution in [-0.2, 0) is 29.0 Å². The highest BCUT2D eigenvalue weighted by molar-refractivity contribution is 7.89. The summed E-state index contributed by atoms with van der Waals surface area (Å²) in [6.07, 6.45) is 0. The molecular formula is C17H22ClNO7S. The Bertz CT molecular complexity index is 811. The van der Waals surface area contributed by atoms with E-state index in [-0.39, 0.29) is 41.8 Å². The Kier molecular flexibility index (Phi) is 6.85. The van der Waals surface area contributed by atoms with Gasteiger partial charge in [0.05, 0.1) is 23.8 Å². The fraction of sp³-hybridized carbons (Fsp3) is 0.529. The molecule has 1 fully saturated rings. The molecule has 0 spiro atoms. The van der Waals surface area contributed by atoms with E-state index in [0.717, 1.165) is 6.07 Å². The SMILES string of the molecule is CC(C)(C)OC(=O)COC(=O)c1ccc(Cl)c(S(=O)(=O)N2CCOCC2)c1. The summed E-state index contributed by atoms with van der Waals surface area (Å²) >= 11 is 6.04. The first-order valence-corrected chi connectivity index (χ1v) is 10.1. The second-order valence-corrected chi connectivity index (χ2v) is 9.14. The highest BCUT2D eigenvalue weighted by Gasteiger charge is 2.29. The number of carbonyl (C=O) groups is 2. The summed E-state index contributed by atoms with van der Waals surface area (Å²) in [6.45, 7) is 5.46. The molecule has 0 radical (unpaired) electrons. The van der Waals surface area contributed by atoms with Gasteiger partial charge >= 0.3 is 11.9 Å². The maximum Gasteiger partial charge on any atom is 0.344 e. The van der Waals surface area contributed by atoms with Gasteiger partial charge in [-0.3, -0.25) is 0 Å². The van der Waals surface area contributed by atoms with Gasteiger partial charge in [0, 0.05) is 13.1 Å². The third-order valence-corrected chi connectivity index (χ3v) is 5.88. The molecule has 150 valence electrons. The Labute approximate surface area is 163 Å². The van der Waals surface area contributed by atoms with Crippen LogP contribution in [0, 0.1) is 0 Å². The van der Waals surface area contributed by atoms with Crippen molar-refractivity contribution in [2.24, 2.45) is 0 Å². The van der Waals surface area contributed by atoms with Crippen molar-refractivity contribution in [1.29, 1.82) is 0 Å². The maximum absolute atomic E-state index is 12.8. The fourth-order valence-electron chi connectivity index (χ4n) is 2.33. The lowest BCUT2D eigenvalue weighted by molar-refractivity contribution is -0.158. The molecule has 2 rings (SSSR count). The van der Waals surface area contributed by atoms with Gasteiger partial charge in [0.1, 0.15) is 10.5 Å². The minimum atomic E-state index is -3.88. The Morgan fingerprint density at radius 3 is 2.44 bits per heavy atom. The van der Waals surface area contributed by atoms with Gasteiger partial charge in [0.25, 0.3) is 0 Å². The minimum Gasteiger partial charge on any atom is -0.457 e. The summed E-state index contributed by atoms with van der Waals surface area (Å²) in [6, 6.07) is 3.78. The number of sulfonamides is 1. The summed E-state index contributed by atoms with van der Waals surface area (Å²) in [5, 5.41) is -0.00909. The molecule has 0 N–H and O–H groups in total. The molecule has 0 saturated carbocycles. The summed E-state index contributed by atoms with van der Waals surface area (Å²) < 4.78 is 41.9. The number of rotatable bonds is 5. The second-order valence-electron chi connectivity index (χ2n) is 6.82. The highest BCUT2D eigenvalue weighted by Crippen LogP contribution is 2.26. The van der Waals surface area contributed by atoms with Crippen LogP contribution < -0.4 is 0 Å². The molecule has 1 aromatic rings. The number of carbonyl (C=O) groups excluding carboxylic acids is 2. The smallest absolute Gasteiger partial charge is 0.344 e. The lowest BCUT2D eigenvalue weighted by atomic mass is 10.2. The van der Waals surface area contributed by atoms with E-state index < -0.39 is 34.2 Å². The first kappa shape index (κ1) is 21.6. The molecule has 1 aromatic carbocycles. The Balaban J connectivity index is 2.14. The van der Waals surface area contributed by atoms with E-state index >= 15 is 0 Å². The molecule has 0 unspecified atom stereocenters. The van der Waals surface area contributed by atoms with Crippen LogP contribution in [0.2, 0.25) is 5.02 Å². The summed E-state index contributed by atoms with van der Waals surface area (Å²) in [5.74, 6) is -1.55. The zero-order valence-corrected chi connectivity index (χ0v) is 16.9. The van der Waals surface area contributed by atoms with Crippen LogP contribution in [0.15, 0.2) is 23.1 Å². The van der Waals surface area contributed by atoms with Crippen LogP contribution in [0.3, 0.4) is 0 Å². The van der Waals surface area contributed by atoms with Crippen molar-refractivity contribution in [2.75, 3.05) is 32.9 Å². The Morgan fingerprint density at radius 2 is 1.85 bits per heavy atom. The number of hydrogen-bond acceptors (Lipinski definition) is 7. The van der Waals surface area contributed by atoms with Crippen LogP contribution in [0.4, 0.5) is 0 Å². The molecular weight excluding hydrogens is 398 g/mol. The van der Waals surface area contributed by atoms with Gasteiger partial charge in [-0.05, 0) is 39.0 Å². The van der Waals surface area contributed by atoms with Gasteiger partial charge < -0.3 is 14.2 Å². The molecule has 8 nitrogen and oxygen atoms in total. The molecule has 1 heterocycles. The molecule has 27 heavy (non-hydrogen) atoms. The van der Waals surface area contributed by atoms with E-state index in [1.165, 1.54) is 16.4 Å². The van der Waals surface area contributed by atoms with Crippen LogP contribution in [0.25, 0.3) is 0 Å². The van der Waals surface area contributed by atoms with Crippen LogP contribution >= 0.6 is 11.6 Å². The largest absolute Gasteiger partial charge is 0.457 e. The van der Waals surface area contributed by atoms with Gasteiger partial charge in [-0.15, -0.1) is 0 Å². The first-order chi connectivity index (χ1) is 12.5. The van der Waals surface area contributed by atoms with Gasteiger partial charge in [0.15, 0.2) is 6.61 Å². The van der Waals surface area contributed by atoms with Gasteiger partial charge in [-0.2, -0.15) is 4.31 Å². The van der Waals surface area contributed by atoms with E-state index in [1.807, 2.05) is 0 Å². The lowest BCUT2D eigenvalue weighted by Gasteiger charge is -2.26. The van der Waals surface area contributed by atoms with Crippen LogP contribution in [-0.4, -0.2) is 63.2 Å². The number of benzene rings is 1. The average molecular weight is 420 g/mol. The zero-order chi connectivity index (χ0) is 20.2.